The fourth-order valence-corrected chi connectivity index (χ4v) is 1.43. The monoisotopic (exact) mass is 226 g/mol. The molecular formula is C12H12Cl2. The molecule has 2 aromatic rings. The molecule has 0 saturated heterocycles. The fraction of sp³-hybridized carbons (Fsp3) is 0. The minimum atomic E-state index is 0. The van der Waals surface area contributed by atoms with Crippen molar-refractivity contribution in [2.24, 2.45) is 0 Å². The molecule has 0 saturated carbocycles. The molecule has 0 atom stereocenters. The number of halogens is 2. The number of hydrogen-bond donors (Lipinski definition) is 0. The summed E-state index contributed by atoms with van der Waals surface area (Å²) in [6.07, 6.45) is 1.89. The topological polar surface area (TPSA) is 0 Å². The Morgan fingerprint density at radius 1 is 0.857 bits per heavy atom. The molecular weight excluding hydrogens is 215 g/mol. The second kappa shape index (κ2) is 5.69. The van der Waals surface area contributed by atoms with Crippen LogP contribution in [0.1, 0.15) is 5.56 Å². The first-order valence-corrected chi connectivity index (χ1v) is 4.02. The van der Waals surface area contributed by atoms with Gasteiger partial charge in [0.05, 0.1) is 0 Å². The van der Waals surface area contributed by atoms with E-state index in [1.54, 1.807) is 0 Å². The van der Waals surface area contributed by atoms with Crippen molar-refractivity contribution < 1.29 is 0 Å². The van der Waals surface area contributed by atoms with Gasteiger partial charge in [-0.1, -0.05) is 55.1 Å². The molecule has 0 aliphatic rings. The average Bonchev–Trinajstić information content (AvgIpc) is 2.17. The third kappa shape index (κ3) is 2.28. The van der Waals surface area contributed by atoms with Crippen LogP contribution in [0.15, 0.2) is 49.0 Å². The van der Waals surface area contributed by atoms with E-state index in [9.17, 15) is 0 Å². The highest BCUT2D eigenvalue weighted by molar-refractivity contribution is 5.90. The van der Waals surface area contributed by atoms with E-state index in [2.05, 4.69) is 49.0 Å². The van der Waals surface area contributed by atoms with Gasteiger partial charge in [-0.25, -0.2) is 0 Å². The molecule has 74 valence electrons. The summed E-state index contributed by atoms with van der Waals surface area (Å²) in [5.74, 6) is 0. The molecule has 0 spiro atoms. The second-order valence-corrected chi connectivity index (χ2v) is 2.77. The van der Waals surface area contributed by atoms with Gasteiger partial charge < -0.3 is 0 Å². The lowest BCUT2D eigenvalue weighted by atomic mass is 10.1. The first-order chi connectivity index (χ1) is 5.92. The third-order valence-electron chi connectivity index (χ3n) is 2.04. The van der Waals surface area contributed by atoms with Crippen LogP contribution in [0.25, 0.3) is 16.8 Å². The van der Waals surface area contributed by atoms with Gasteiger partial charge in [0.2, 0.25) is 0 Å². The Kier molecular flexibility index (Phi) is 5.29. The van der Waals surface area contributed by atoms with Crippen molar-refractivity contribution in [1.29, 1.82) is 0 Å². The van der Waals surface area contributed by atoms with Crippen LogP contribution in [-0.4, -0.2) is 0 Å². The molecule has 2 rings (SSSR count). The summed E-state index contributed by atoms with van der Waals surface area (Å²) in [4.78, 5) is 0. The molecule has 0 amide bonds. The lowest BCUT2D eigenvalue weighted by molar-refractivity contribution is 1.72. The number of fused-ring (bicyclic) bond motifs is 1. The van der Waals surface area contributed by atoms with Gasteiger partial charge in [0.15, 0.2) is 0 Å². The maximum absolute atomic E-state index is 3.78. The summed E-state index contributed by atoms with van der Waals surface area (Å²) in [7, 11) is 0. The van der Waals surface area contributed by atoms with Gasteiger partial charge in [-0.15, -0.1) is 24.8 Å². The summed E-state index contributed by atoms with van der Waals surface area (Å²) >= 11 is 0. The van der Waals surface area contributed by atoms with E-state index >= 15 is 0 Å². The van der Waals surface area contributed by atoms with E-state index in [1.807, 2.05) is 6.08 Å². The predicted molar refractivity (Wildman–Crippen MR) is 68.5 cm³/mol. The average molecular weight is 227 g/mol. The van der Waals surface area contributed by atoms with Crippen molar-refractivity contribution in [2.75, 3.05) is 0 Å². The van der Waals surface area contributed by atoms with Crippen molar-refractivity contribution in [1.82, 2.24) is 0 Å². The van der Waals surface area contributed by atoms with Crippen LogP contribution >= 0.6 is 24.8 Å². The summed E-state index contributed by atoms with van der Waals surface area (Å²) in [6, 6.07) is 14.6. The first-order valence-electron chi connectivity index (χ1n) is 4.02. The van der Waals surface area contributed by atoms with Crippen LogP contribution in [0.3, 0.4) is 0 Å². The molecule has 14 heavy (non-hydrogen) atoms. The molecule has 0 heterocycles. The Morgan fingerprint density at radius 2 is 1.50 bits per heavy atom. The Balaban J connectivity index is 0.000000845. The molecule has 0 nitrogen and oxygen atoms in total. The smallest absolute Gasteiger partial charge is 0.0112 e. The standard InChI is InChI=1S/C12H10.2ClH/c1-2-10-7-5-8-11-6-3-4-9-12(10)11;;/h2-9H,1H2;2*1H. The zero-order chi connectivity index (χ0) is 8.39. The van der Waals surface area contributed by atoms with Crippen molar-refractivity contribution in [2.45, 2.75) is 0 Å². The number of benzene rings is 2. The zero-order valence-corrected chi connectivity index (χ0v) is 9.28. The molecule has 0 N–H and O–H groups in total. The van der Waals surface area contributed by atoms with Gasteiger partial charge in [-0.3, -0.25) is 0 Å². The summed E-state index contributed by atoms with van der Waals surface area (Å²) in [6.45, 7) is 3.78. The molecule has 0 aliphatic carbocycles. The molecule has 0 aromatic heterocycles. The summed E-state index contributed by atoms with van der Waals surface area (Å²) in [5, 5.41) is 2.55. The third-order valence-corrected chi connectivity index (χ3v) is 2.04. The van der Waals surface area contributed by atoms with E-state index in [4.69, 9.17) is 0 Å². The lowest BCUT2D eigenvalue weighted by Crippen LogP contribution is -1.75. The minimum absolute atomic E-state index is 0. The van der Waals surface area contributed by atoms with Crippen molar-refractivity contribution in [3.63, 3.8) is 0 Å². The fourth-order valence-electron chi connectivity index (χ4n) is 1.43. The van der Waals surface area contributed by atoms with Gasteiger partial charge in [0.25, 0.3) is 0 Å². The van der Waals surface area contributed by atoms with Crippen LogP contribution in [0, 0.1) is 0 Å². The Labute approximate surface area is 96.5 Å². The quantitative estimate of drug-likeness (QED) is 0.680. The highest BCUT2D eigenvalue weighted by Crippen LogP contribution is 2.18. The zero-order valence-electron chi connectivity index (χ0n) is 7.64. The first kappa shape index (κ1) is 13.0. The predicted octanol–water partition coefficient (Wildman–Crippen LogP) is 4.33. The number of hydrogen-bond acceptors (Lipinski definition) is 0. The van der Waals surface area contributed by atoms with Crippen molar-refractivity contribution >= 4 is 41.7 Å². The summed E-state index contributed by atoms with van der Waals surface area (Å²) in [5.41, 5.74) is 1.20. The Morgan fingerprint density at radius 3 is 2.21 bits per heavy atom. The van der Waals surface area contributed by atoms with Gasteiger partial charge in [0, 0.05) is 0 Å². The van der Waals surface area contributed by atoms with Gasteiger partial charge in [-0.05, 0) is 16.3 Å². The summed E-state index contributed by atoms with van der Waals surface area (Å²) < 4.78 is 0. The normalized spacial score (nSPS) is 8.57. The minimum Gasteiger partial charge on any atom is -0.147 e. The highest BCUT2D eigenvalue weighted by atomic mass is 35.5. The Hall–Kier alpha value is -0.980. The van der Waals surface area contributed by atoms with E-state index in [1.165, 1.54) is 16.3 Å². The maximum Gasteiger partial charge on any atom is -0.0112 e. The molecule has 0 unspecified atom stereocenters. The van der Waals surface area contributed by atoms with Gasteiger partial charge in [0.1, 0.15) is 0 Å². The molecule has 2 aromatic carbocycles. The molecule has 0 radical (unpaired) electrons. The van der Waals surface area contributed by atoms with Crippen LogP contribution in [0.5, 0.6) is 0 Å². The highest BCUT2D eigenvalue weighted by Gasteiger charge is 1.93. The molecule has 0 fully saturated rings. The van der Waals surface area contributed by atoms with Crippen molar-refractivity contribution in [3.05, 3.63) is 54.6 Å². The second-order valence-electron chi connectivity index (χ2n) is 2.77. The van der Waals surface area contributed by atoms with Crippen molar-refractivity contribution in [3.8, 4) is 0 Å². The Bertz CT molecular complexity index is 416. The molecule has 2 heteroatoms. The van der Waals surface area contributed by atoms with E-state index in [-0.39, 0.29) is 24.8 Å². The van der Waals surface area contributed by atoms with E-state index < -0.39 is 0 Å². The van der Waals surface area contributed by atoms with Gasteiger partial charge >= 0.3 is 0 Å². The number of rotatable bonds is 1. The van der Waals surface area contributed by atoms with Crippen LogP contribution in [0.4, 0.5) is 0 Å². The van der Waals surface area contributed by atoms with Gasteiger partial charge in [-0.2, -0.15) is 0 Å². The maximum atomic E-state index is 3.78. The van der Waals surface area contributed by atoms with E-state index in [0.717, 1.165) is 0 Å². The van der Waals surface area contributed by atoms with Crippen LogP contribution in [-0.2, 0) is 0 Å². The van der Waals surface area contributed by atoms with Crippen LogP contribution in [0.2, 0.25) is 0 Å². The largest absolute Gasteiger partial charge is 0.147 e. The molecule has 0 bridgehead atoms. The van der Waals surface area contributed by atoms with E-state index in [0.29, 0.717) is 0 Å². The lowest BCUT2D eigenvalue weighted by Gasteiger charge is -1.99. The van der Waals surface area contributed by atoms with Crippen LogP contribution < -0.4 is 0 Å². The SMILES string of the molecule is C=Cc1cccc2ccccc12.Cl.Cl. The molecule has 0 aliphatic heterocycles.